The third-order valence-corrected chi connectivity index (χ3v) is 4.26. The minimum absolute atomic E-state index is 0.801. The van der Waals surface area contributed by atoms with Gasteiger partial charge in [0.2, 0.25) is 0 Å². The van der Waals surface area contributed by atoms with Crippen LogP contribution in [0.1, 0.15) is 19.3 Å². The van der Waals surface area contributed by atoms with Crippen LogP contribution in [0.15, 0.2) is 36.4 Å². The van der Waals surface area contributed by atoms with Gasteiger partial charge in [-0.3, -0.25) is 0 Å². The van der Waals surface area contributed by atoms with Crippen LogP contribution in [-0.4, -0.2) is 55.1 Å². The highest BCUT2D eigenvalue weighted by molar-refractivity contribution is 5.61. The van der Waals surface area contributed by atoms with Crippen molar-refractivity contribution in [1.29, 1.82) is 0 Å². The van der Waals surface area contributed by atoms with E-state index in [9.17, 15) is 0 Å². The first-order valence-corrected chi connectivity index (χ1v) is 8.80. The highest BCUT2D eigenvalue weighted by Gasteiger charge is 2.16. The molecule has 1 N–H and O–H groups in total. The lowest BCUT2D eigenvalue weighted by molar-refractivity contribution is 0.405. The third kappa shape index (κ3) is 4.45. The molecule has 1 aliphatic rings. The second-order valence-corrected chi connectivity index (χ2v) is 6.58. The highest BCUT2D eigenvalue weighted by atomic mass is 15.2. The summed E-state index contributed by atoms with van der Waals surface area (Å²) in [5, 5.41) is 3.47. The Morgan fingerprint density at radius 1 is 1.08 bits per heavy atom. The van der Waals surface area contributed by atoms with Crippen molar-refractivity contribution in [2.75, 3.05) is 50.5 Å². The highest BCUT2D eigenvalue weighted by Crippen LogP contribution is 2.24. The smallest absolute Gasteiger partial charge is 0.163 e. The quantitative estimate of drug-likeness (QED) is 0.793. The summed E-state index contributed by atoms with van der Waals surface area (Å²) in [5.74, 6) is 2.76. The average molecular weight is 325 g/mol. The Hall–Kier alpha value is -2.14. The Balaban J connectivity index is 1.80. The lowest BCUT2D eigenvalue weighted by atomic mass is 10.2. The van der Waals surface area contributed by atoms with Crippen molar-refractivity contribution in [3.8, 4) is 11.4 Å². The van der Waals surface area contributed by atoms with Gasteiger partial charge in [0.15, 0.2) is 5.82 Å². The van der Waals surface area contributed by atoms with E-state index in [1.165, 1.54) is 12.8 Å². The zero-order valence-corrected chi connectivity index (χ0v) is 14.7. The van der Waals surface area contributed by atoms with E-state index in [1.807, 2.05) is 18.2 Å². The lowest BCUT2D eigenvalue weighted by Gasteiger charge is -2.18. The van der Waals surface area contributed by atoms with Gasteiger partial charge in [-0.2, -0.15) is 0 Å². The fourth-order valence-electron chi connectivity index (χ4n) is 2.96. The van der Waals surface area contributed by atoms with E-state index in [4.69, 9.17) is 9.97 Å². The minimum Gasteiger partial charge on any atom is -0.370 e. The number of nitrogens with one attached hydrogen (secondary N) is 1. The van der Waals surface area contributed by atoms with E-state index in [0.717, 1.165) is 55.6 Å². The molecule has 3 rings (SSSR count). The van der Waals surface area contributed by atoms with Crippen LogP contribution in [0, 0.1) is 0 Å². The molecule has 0 amide bonds. The van der Waals surface area contributed by atoms with Crippen LogP contribution < -0.4 is 10.2 Å². The molecule has 1 fully saturated rings. The first-order chi connectivity index (χ1) is 11.7. The maximum Gasteiger partial charge on any atom is 0.163 e. The molecule has 1 aromatic carbocycles. The molecule has 1 saturated heterocycles. The predicted molar refractivity (Wildman–Crippen MR) is 101 cm³/mol. The van der Waals surface area contributed by atoms with Crippen LogP contribution in [-0.2, 0) is 0 Å². The molecule has 128 valence electrons. The molecule has 5 nitrogen and oxygen atoms in total. The summed E-state index contributed by atoms with van der Waals surface area (Å²) < 4.78 is 0. The Morgan fingerprint density at radius 3 is 2.54 bits per heavy atom. The summed E-state index contributed by atoms with van der Waals surface area (Å²) in [4.78, 5) is 14.1. The van der Waals surface area contributed by atoms with Crippen LogP contribution in [0.5, 0.6) is 0 Å². The fourth-order valence-corrected chi connectivity index (χ4v) is 2.96. The van der Waals surface area contributed by atoms with E-state index in [2.05, 4.69) is 47.4 Å². The number of aromatic nitrogens is 2. The van der Waals surface area contributed by atoms with Gasteiger partial charge in [-0.15, -0.1) is 0 Å². The number of hydrogen-bond donors (Lipinski definition) is 1. The second kappa shape index (κ2) is 8.11. The molecule has 24 heavy (non-hydrogen) atoms. The van der Waals surface area contributed by atoms with E-state index >= 15 is 0 Å². The minimum atomic E-state index is 0.801. The molecule has 0 aliphatic carbocycles. The van der Waals surface area contributed by atoms with Gasteiger partial charge in [0.1, 0.15) is 11.6 Å². The van der Waals surface area contributed by atoms with Crippen LogP contribution in [0.25, 0.3) is 11.4 Å². The van der Waals surface area contributed by atoms with Crippen molar-refractivity contribution in [3.05, 3.63) is 36.4 Å². The maximum absolute atomic E-state index is 4.81. The zero-order chi connectivity index (χ0) is 16.8. The predicted octanol–water partition coefficient (Wildman–Crippen LogP) is 3.11. The SMILES string of the molecule is CN(C)CCCNc1cc(N2CCCC2)nc(-c2ccccc2)n1. The summed E-state index contributed by atoms with van der Waals surface area (Å²) in [6.07, 6.45) is 3.59. The molecule has 0 spiro atoms. The van der Waals surface area contributed by atoms with Gasteiger partial charge in [0, 0.05) is 31.3 Å². The topological polar surface area (TPSA) is 44.3 Å². The van der Waals surface area contributed by atoms with Crippen molar-refractivity contribution in [2.45, 2.75) is 19.3 Å². The van der Waals surface area contributed by atoms with Crippen molar-refractivity contribution in [2.24, 2.45) is 0 Å². The Morgan fingerprint density at radius 2 is 1.83 bits per heavy atom. The molecule has 2 aromatic rings. The number of hydrogen-bond acceptors (Lipinski definition) is 5. The van der Waals surface area contributed by atoms with Gasteiger partial charge in [0.25, 0.3) is 0 Å². The van der Waals surface area contributed by atoms with Gasteiger partial charge in [0.05, 0.1) is 0 Å². The van der Waals surface area contributed by atoms with Crippen molar-refractivity contribution in [1.82, 2.24) is 14.9 Å². The molecule has 0 bridgehead atoms. The fraction of sp³-hybridized carbons (Fsp3) is 0.474. The Labute approximate surface area is 144 Å². The summed E-state index contributed by atoms with van der Waals surface area (Å²) in [5.41, 5.74) is 1.06. The normalized spacial score (nSPS) is 14.4. The van der Waals surface area contributed by atoms with E-state index in [1.54, 1.807) is 0 Å². The van der Waals surface area contributed by atoms with Gasteiger partial charge in [-0.05, 0) is 39.9 Å². The number of benzene rings is 1. The van der Waals surface area contributed by atoms with Gasteiger partial charge in [-0.25, -0.2) is 9.97 Å². The van der Waals surface area contributed by atoms with E-state index in [0.29, 0.717) is 0 Å². The molecule has 1 aromatic heterocycles. The Bertz CT molecular complexity index is 635. The van der Waals surface area contributed by atoms with Crippen molar-refractivity contribution < 1.29 is 0 Å². The number of anilines is 2. The van der Waals surface area contributed by atoms with Crippen LogP contribution in [0.4, 0.5) is 11.6 Å². The summed E-state index contributed by atoms with van der Waals surface area (Å²) in [6.45, 7) is 4.17. The van der Waals surface area contributed by atoms with Gasteiger partial charge >= 0.3 is 0 Å². The Kier molecular flexibility index (Phi) is 5.64. The van der Waals surface area contributed by atoms with E-state index in [-0.39, 0.29) is 0 Å². The lowest BCUT2D eigenvalue weighted by Crippen LogP contribution is -2.20. The van der Waals surface area contributed by atoms with Crippen molar-refractivity contribution >= 4 is 11.6 Å². The molecular weight excluding hydrogens is 298 g/mol. The monoisotopic (exact) mass is 325 g/mol. The summed E-state index contributed by atoms with van der Waals surface area (Å²) in [6, 6.07) is 12.3. The zero-order valence-electron chi connectivity index (χ0n) is 14.7. The van der Waals surface area contributed by atoms with Crippen LogP contribution >= 0.6 is 0 Å². The second-order valence-electron chi connectivity index (χ2n) is 6.58. The van der Waals surface area contributed by atoms with Crippen LogP contribution in [0.3, 0.4) is 0 Å². The average Bonchev–Trinajstić information content (AvgIpc) is 3.14. The van der Waals surface area contributed by atoms with E-state index < -0.39 is 0 Å². The van der Waals surface area contributed by atoms with Crippen molar-refractivity contribution in [3.63, 3.8) is 0 Å². The van der Waals surface area contributed by atoms with Gasteiger partial charge < -0.3 is 15.1 Å². The third-order valence-electron chi connectivity index (χ3n) is 4.26. The van der Waals surface area contributed by atoms with Crippen LogP contribution in [0.2, 0.25) is 0 Å². The molecule has 0 radical (unpaired) electrons. The molecule has 5 heteroatoms. The largest absolute Gasteiger partial charge is 0.370 e. The first kappa shape index (κ1) is 16.7. The first-order valence-electron chi connectivity index (χ1n) is 8.80. The molecule has 0 unspecified atom stereocenters. The molecular formula is C19H27N5. The molecule has 0 atom stereocenters. The molecule has 1 aliphatic heterocycles. The molecule has 0 saturated carbocycles. The number of rotatable bonds is 7. The summed E-state index contributed by atoms with van der Waals surface area (Å²) in [7, 11) is 4.20. The molecule has 2 heterocycles. The summed E-state index contributed by atoms with van der Waals surface area (Å²) >= 11 is 0. The standard InChI is InChI=1S/C19H27N5/c1-23(2)12-8-11-20-17-15-18(24-13-6-7-14-24)22-19(21-17)16-9-4-3-5-10-16/h3-5,9-10,15H,6-8,11-14H2,1-2H3,(H,20,21,22). The maximum atomic E-state index is 4.81. The number of nitrogens with zero attached hydrogens (tertiary/aromatic N) is 4. The van der Waals surface area contributed by atoms with Gasteiger partial charge in [-0.1, -0.05) is 30.3 Å².